The normalized spacial score (nSPS) is 16.1. The number of rotatable bonds is 4. The number of nitrogens with one attached hydrogen (secondary N) is 2. The van der Waals surface area contributed by atoms with Crippen LogP contribution in [0.5, 0.6) is 0 Å². The lowest BCUT2D eigenvalue weighted by molar-refractivity contribution is 0.0935. The number of thioether (sulfide) groups is 1. The summed E-state index contributed by atoms with van der Waals surface area (Å²) in [5.41, 5.74) is 2.86. The molecule has 0 aromatic heterocycles. The van der Waals surface area contributed by atoms with E-state index in [1.165, 1.54) is 5.56 Å². The molecule has 0 saturated carbocycles. The maximum absolute atomic E-state index is 12.4. The zero-order valence-corrected chi connectivity index (χ0v) is 12.5. The van der Waals surface area contributed by atoms with E-state index < -0.39 is 0 Å². The first-order valence-electron chi connectivity index (χ1n) is 6.94. The van der Waals surface area contributed by atoms with E-state index in [9.17, 15) is 4.79 Å². The van der Waals surface area contributed by atoms with Crippen LogP contribution >= 0.6 is 11.8 Å². The van der Waals surface area contributed by atoms with E-state index in [1.54, 1.807) is 0 Å². The van der Waals surface area contributed by atoms with Crippen molar-refractivity contribution in [3.05, 3.63) is 29.3 Å². The van der Waals surface area contributed by atoms with Gasteiger partial charge in [0.05, 0.1) is 5.56 Å². The third kappa shape index (κ3) is 3.90. The van der Waals surface area contributed by atoms with Gasteiger partial charge in [-0.15, -0.1) is 0 Å². The second kappa shape index (κ2) is 6.85. The highest BCUT2D eigenvalue weighted by Crippen LogP contribution is 2.20. The van der Waals surface area contributed by atoms with E-state index in [2.05, 4.69) is 10.6 Å². The van der Waals surface area contributed by atoms with Crippen LogP contribution in [0.3, 0.4) is 0 Å². The van der Waals surface area contributed by atoms with Gasteiger partial charge >= 0.3 is 0 Å². The second-order valence-corrected chi connectivity index (χ2v) is 6.16. The summed E-state index contributed by atoms with van der Waals surface area (Å²) >= 11 is 1.97. The third-order valence-corrected chi connectivity index (χ3v) is 4.39. The van der Waals surface area contributed by atoms with E-state index in [-0.39, 0.29) is 5.91 Å². The molecule has 1 aliphatic rings. The summed E-state index contributed by atoms with van der Waals surface area (Å²) in [6, 6.07) is 6.28. The minimum Gasteiger partial charge on any atom is -0.385 e. The van der Waals surface area contributed by atoms with Crippen molar-refractivity contribution in [1.82, 2.24) is 5.32 Å². The number of anilines is 1. The lowest BCUT2D eigenvalue weighted by atomic mass is 10.1. The van der Waals surface area contributed by atoms with Gasteiger partial charge in [-0.05, 0) is 55.9 Å². The van der Waals surface area contributed by atoms with Gasteiger partial charge in [0, 0.05) is 18.3 Å². The molecule has 2 rings (SSSR count). The van der Waals surface area contributed by atoms with Crippen LogP contribution in [0.2, 0.25) is 0 Å². The lowest BCUT2D eigenvalue weighted by Gasteiger charge is -2.23. The summed E-state index contributed by atoms with van der Waals surface area (Å²) in [5, 5.41) is 6.43. The fourth-order valence-electron chi connectivity index (χ4n) is 2.30. The number of aryl methyl sites for hydroxylation is 1. The highest BCUT2D eigenvalue weighted by atomic mass is 32.2. The molecule has 1 aromatic carbocycles. The molecule has 2 N–H and O–H groups in total. The average molecular weight is 278 g/mol. The van der Waals surface area contributed by atoms with Crippen molar-refractivity contribution in [1.29, 1.82) is 0 Å². The third-order valence-electron chi connectivity index (χ3n) is 3.34. The van der Waals surface area contributed by atoms with Gasteiger partial charge in [-0.3, -0.25) is 4.79 Å². The van der Waals surface area contributed by atoms with Crippen LogP contribution in [-0.2, 0) is 0 Å². The van der Waals surface area contributed by atoms with Crippen molar-refractivity contribution >= 4 is 23.4 Å². The maximum atomic E-state index is 12.4. The summed E-state index contributed by atoms with van der Waals surface area (Å²) in [4.78, 5) is 12.4. The molecule has 0 aliphatic carbocycles. The molecule has 0 unspecified atom stereocenters. The predicted molar refractivity (Wildman–Crippen MR) is 83.2 cm³/mol. The summed E-state index contributed by atoms with van der Waals surface area (Å²) in [7, 11) is 0. The standard InChI is InChI=1S/C15H22N2OS/c1-3-16-14-10-11(2)4-5-13(14)15(18)17-12-6-8-19-9-7-12/h4-5,10,12,16H,3,6-9H2,1-2H3,(H,17,18). The first-order chi connectivity index (χ1) is 9.20. The molecule has 104 valence electrons. The topological polar surface area (TPSA) is 41.1 Å². The zero-order valence-electron chi connectivity index (χ0n) is 11.7. The Morgan fingerprint density at radius 3 is 2.79 bits per heavy atom. The SMILES string of the molecule is CCNc1cc(C)ccc1C(=O)NC1CCSCC1. The molecule has 1 saturated heterocycles. The van der Waals surface area contributed by atoms with Gasteiger partial charge < -0.3 is 10.6 Å². The summed E-state index contributed by atoms with van der Waals surface area (Å²) in [5.74, 6) is 2.35. The van der Waals surface area contributed by atoms with Crippen LogP contribution in [0.1, 0.15) is 35.7 Å². The Kier molecular flexibility index (Phi) is 5.14. The highest BCUT2D eigenvalue weighted by molar-refractivity contribution is 7.99. The van der Waals surface area contributed by atoms with Gasteiger partial charge in [-0.2, -0.15) is 11.8 Å². The average Bonchev–Trinajstić information content (AvgIpc) is 2.40. The highest BCUT2D eigenvalue weighted by Gasteiger charge is 2.18. The maximum Gasteiger partial charge on any atom is 0.253 e. The van der Waals surface area contributed by atoms with E-state index in [4.69, 9.17) is 0 Å². The fourth-order valence-corrected chi connectivity index (χ4v) is 3.40. The predicted octanol–water partition coefficient (Wildman–Crippen LogP) is 3.05. The van der Waals surface area contributed by atoms with Crippen LogP contribution < -0.4 is 10.6 Å². The Labute approximate surface area is 119 Å². The van der Waals surface area contributed by atoms with Crippen LogP contribution in [-0.4, -0.2) is 30.0 Å². The second-order valence-electron chi connectivity index (χ2n) is 4.94. The molecule has 0 spiro atoms. The first-order valence-corrected chi connectivity index (χ1v) is 8.09. The Bertz CT molecular complexity index is 442. The van der Waals surface area contributed by atoms with Gasteiger partial charge in [0.25, 0.3) is 5.91 Å². The number of benzene rings is 1. The molecule has 4 heteroatoms. The first kappa shape index (κ1) is 14.3. The zero-order chi connectivity index (χ0) is 13.7. The molecule has 19 heavy (non-hydrogen) atoms. The largest absolute Gasteiger partial charge is 0.385 e. The Morgan fingerprint density at radius 2 is 2.11 bits per heavy atom. The van der Waals surface area contributed by atoms with Gasteiger partial charge in [0.1, 0.15) is 0 Å². The molecule has 1 fully saturated rings. The molecular formula is C15H22N2OS. The number of carbonyl (C=O) groups excluding carboxylic acids is 1. The van der Waals surface area contributed by atoms with Gasteiger partial charge in [-0.25, -0.2) is 0 Å². The van der Waals surface area contributed by atoms with Crippen LogP contribution in [0.4, 0.5) is 5.69 Å². The molecular weight excluding hydrogens is 256 g/mol. The molecule has 0 radical (unpaired) electrons. The van der Waals surface area contributed by atoms with Crippen molar-refractivity contribution in [3.63, 3.8) is 0 Å². The lowest BCUT2D eigenvalue weighted by Crippen LogP contribution is -2.37. The minimum atomic E-state index is 0.0489. The van der Waals surface area contributed by atoms with E-state index >= 15 is 0 Å². The number of carbonyl (C=O) groups is 1. The summed E-state index contributed by atoms with van der Waals surface area (Å²) < 4.78 is 0. The van der Waals surface area contributed by atoms with Crippen molar-refractivity contribution in [2.75, 3.05) is 23.4 Å². The van der Waals surface area contributed by atoms with Gasteiger partial charge in [0.2, 0.25) is 0 Å². The fraction of sp³-hybridized carbons (Fsp3) is 0.533. The quantitative estimate of drug-likeness (QED) is 0.889. The number of hydrogen-bond donors (Lipinski definition) is 2. The van der Waals surface area contributed by atoms with Crippen molar-refractivity contribution in [2.45, 2.75) is 32.7 Å². The molecule has 1 amide bonds. The van der Waals surface area contributed by atoms with Crippen LogP contribution in [0, 0.1) is 6.92 Å². The van der Waals surface area contributed by atoms with E-state index in [0.29, 0.717) is 6.04 Å². The van der Waals surface area contributed by atoms with E-state index in [1.807, 2.05) is 43.8 Å². The van der Waals surface area contributed by atoms with Crippen molar-refractivity contribution in [3.8, 4) is 0 Å². The minimum absolute atomic E-state index is 0.0489. The Hall–Kier alpha value is -1.16. The van der Waals surface area contributed by atoms with Gasteiger partial charge in [-0.1, -0.05) is 6.07 Å². The van der Waals surface area contributed by atoms with Gasteiger partial charge in [0.15, 0.2) is 0 Å². The van der Waals surface area contributed by atoms with Crippen LogP contribution in [0.25, 0.3) is 0 Å². The molecule has 1 heterocycles. The Morgan fingerprint density at radius 1 is 1.37 bits per heavy atom. The number of hydrogen-bond acceptors (Lipinski definition) is 3. The van der Waals surface area contributed by atoms with Crippen LogP contribution in [0.15, 0.2) is 18.2 Å². The smallest absolute Gasteiger partial charge is 0.253 e. The van der Waals surface area contributed by atoms with Crippen molar-refractivity contribution in [2.24, 2.45) is 0 Å². The molecule has 1 aromatic rings. The monoisotopic (exact) mass is 278 g/mol. The molecule has 3 nitrogen and oxygen atoms in total. The molecule has 0 atom stereocenters. The van der Waals surface area contributed by atoms with E-state index in [0.717, 1.165) is 42.1 Å². The summed E-state index contributed by atoms with van der Waals surface area (Å²) in [6.45, 7) is 4.91. The number of amides is 1. The van der Waals surface area contributed by atoms with Crippen molar-refractivity contribution < 1.29 is 4.79 Å². The molecule has 0 bridgehead atoms. The summed E-state index contributed by atoms with van der Waals surface area (Å²) in [6.07, 6.45) is 2.16. The Balaban J connectivity index is 2.08. The molecule has 1 aliphatic heterocycles.